The van der Waals surface area contributed by atoms with E-state index in [0.717, 1.165) is 0 Å². The number of esters is 1. The summed E-state index contributed by atoms with van der Waals surface area (Å²) in [5.41, 5.74) is 0.265. The number of aliphatic hydroxyl groups is 1. The number of hydrogen-bond acceptors (Lipinski definition) is 10. The molecule has 4 N–H and O–H groups in total. The molecule has 7 atom stereocenters. The van der Waals surface area contributed by atoms with Crippen LogP contribution in [0.3, 0.4) is 0 Å². The number of likely N-dealkylation sites (tertiary alicyclic amines) is 1. The van der Waals surface area contributed by atoms with Gasteiger partial charge in [0.25, 0.3) is 0 Å². The molecular weight excluding hydrogens is 492 g/mol. The Morgan fingerprint density at radius 3 is 2.67 bits per heavy atom. The number of nitrogens with one attached hydrogen (secondary N) is 1. The maximum absolute atomic E-state index is 13.2. The zero-order chi connectivity index (χ0) is 26.3. The lowest BCUT2D eigenvalue weighted by atomic mass is 9.79. The van der Waals surface area contributed by atoms with Gasteiger partial charge in [0.15, 0.2) is 0 Å². The molecule has 0 aromatic carbocycles. The predicted molar refractivity (Wildman–Crippen MR) is 128 cm³/mol. The van der Waals surface area contributed by atoms with Crippen LogP contribution in [0.2, 0.25) is 0 Å². The van der Waals surface area contributed by atoms with Crippen LogP contribution in [-0.2, 0) is 23.9 Å². The van der Waals surface area contributed by atoms with Crippen LogP contribution in [0.4, 0.5) is 0 Å². The van der Waals surface area contributed by atoms with Crippen molar-refractivity contribution in [3.63, 3.8) is 0 Å². The first-order valence-electron chi connectivity index (χ1n) is 12.1. The van der Waals surface area contributed by atoms with Crippen LogP contribution in [0.1, 0.15) is 33.6 Å². The number of β-lactam (4-membered cyclic amide) rings is 1. The highest BCUT2D eigenvalue weighted by Gasteiger charge is 2.60. The van der Waals surface area contributed by atoms with Gasteiger partial charge in [-0.1, -0.05) is 12.1 Å². The van der Waals surface area contributed by atoms with Crippen LogP contribution in [-0.4, -0.2) is 104 Å². The molecule has 3 fully saturated rings. The van der Waals surface area contributed by atoms with Crippen molar-refractivity contribution in [2.75, 3.05) is 26.2 Å². The van der Waals surface area contributed by atoms with Gasteiger partial charge in [0.2, 0.25) is 11.8 Å². The van der Waals surface area contributed by atoms with Gasteiger partial charge >= 0.3 is 11.9 Å². The third-order valence-corrected chi connectivity index (χ3v) is 8.96. The number of carbonyl (C=O) groups is 4. The number of fused-ring (bicyclic) bond motifs is 1. The number of hydrogen-bond donors (Lipinski definition) is 4. The van der Waals surface area contributed by atoms with E-state index in [1.165, 1.54) is 23.6 Å². The molecule has 4 aliphatic heterocycles. The lowest BCUT2D eigenvalue weighted by Gasteiger charge is -2.46. The van der Waals surface area contributed by atoms with Crippen molar-refractivity contribution in [1.82, 2.24) is 15.1 Å². The first kappa shape index (κ1) is 26.4. The molecule has 0 aromatic rings. The number of amides is 2. The molecule has 3 saturated heterocycles. The molecular formula is C23H32N4O8S. The number of thioether (sulfide) groups is 1. The van der Waals surface area contributed by atoms with E-state index in [0.29, 0.717) is 30.1 Å². The highest BCUT2D eigenvalue weighted by atomic mass is 32.2. The molecule has 0 aliphatic carbocycles. The van der Waals surface area contributed by atoms with E-state index >= 15 is 0 Å². The van der Waals surface area contributed by atoms with Gasteiger partial charge in [0.05, 0.1) is 36.4 Å². The fourth-order valence-corrected chi connectivity index (χ4v) is 7.15. The Morgan fingerprint density at radius 2 is 2.06 bits per heavy atom. The summed E-state index contributed by atoms with van der Waals surface area (Å²) in [5.74, 6) is -3.94. The molecule has 0 saturated carbocycles. The summed E-state index contributed by atoms with van der Waals surface area (Å²) < 4.78 is 5.07. The fraction of sp³-hybridized carbons (Fsp3) is 0.696. The SMILES string of the molecule is CCOC(=O)C1CN(C(=O)[C@@H]2C[C@H](SC3=C(C(=O)O)N4C(=O)[C@H]([C@@H](C)O)[C@H]4[C@H]3C)CN2)CC/C1=N\O. The fourth-order valence-electron chi connectivity index (χ4n) is 5.67. The van der Waals surface area contributed by atoms with Crippen molar-refractivity contribution in [3.05, 3.63) is 10.6 Å². The summed E-state index contributed by atoms with van der Waals surface area (Å²) in [5, 5.41) is 35.4. The number of aliphatic hydroxyl groups excluding tert-OH is 1. The second kappa shape index (κ2) is 10.4. The maximum atomic E-state index is 13.2. The number of nitrogens with zero attached hydrogens (tertiary/aromatic N) is 3. The van der Waals surface area contributed by atoms with E-state index in [-0.39, 0.29) is 54.3 Å². The average molecular weight is 525 g/mol. The van der Waals surface area contributed by atoms with Crippen molar-refractivity contribution in [2.24, 2.45) is 22.9 Å². The molecule has 0 aromatic heterocycles. The quantitative estimate of drug-likeness (QED) is 0.152. The number of ether oxygens (including phenoxy) is 1. The normalized spacial score (nSPS) is 34.0. The van der Waals surface area contributed by atoms with Crippen LogP contribution in [0, 0.1) is 17.8 Å². The van der Waals surface area contributed by atoms with Gasteiger partial charge < -0.3 is 35.3 Å². The maximum Gasteiger partial charge on any atom is 0.353 e. The molecule has 198 valence electrons. The van der Waals surface area contributed by atoms with Crippen molar-refractivity contribution in [2.45, 2.75) is 57.1 Å². The van der Waals surface area contributed by atoms with E-state index in [2.05, 4.69) is 10.5 Å². The third kappa shape index (κ3) is 4.48. The number of carbonyl (C=O) groups excluding carboxylic acids is 3. The topological polar surface area (TPSA) is 169 Å². The van der Waals surface area contributed by atoms with Crippen LogP contribution < -0.4 is 5.32 Å². The van der Waals surface area contributed by atoms with E-state index in [1.807, 2.05) is 6.92 Å². The highest BCUT2D eigenvalue weighted by Crippen LogP contribution is 2.51. The van der Waals surface area contributed by atoms with Gasteiger partial charge in [-0.25, -0.2) is 4.79 Å². The number of rotatable bonds is 7. The Kier molecular flexibility index (Phi) is 7.62. The Balaban J connectivity index is 1.42. The average Bonchev–Trinajstić information content (AvgIpc) is 3.40. The molecule has 36 heavy (non-hydrogen) atoms. The standard InChI is InChI=1S/C23H32N4O8S/c1-4-35-23(33)13-9-26(6-5-14(13)25-34)20(29)15-7-12(8-24-15)36-19-10(2)17-16(11(3)28)21(30)27(17)18(19)22(31)32/h10-13,15-17,24,28,34H,4-9H2,1-3H3,(H,31,32)/b25-14+/t10-,11-,12+,13?,15+,16-,17-/m1/s1. The minimum atomic E-state index is -1.18. The van der Waals surface area contributed by atoms with Crippen LogP contribution >= 0.6 is 11.8 Å². The van der Waals surface area contributed by atoms with Crippen molar-refractivity contribution < 1.29 is 39.3 Å². The number of carboxylic acids is 1. The second-order valence-corrected chi connectivity index (χ2v) is 11.0. The molecule has 1 unspecified atom stereocenters. The highest BCUT2D eigenvalue weighted by molar-refractivity contribution is 8.03. The van der Waals surface area contributed by atoms with E-state index in [4.69, 9.17) is 4.74 Å². The van der Waals surface area contributed by atoms with Crippen LogP contribution in [0.5, 0.6) is 0 Å². The van der Waals surface area contributed by atoms with Gasteiger partial charge in [-0.2, -0.15) is 0 Å². The number of carboxylic acid groups (broad SMARTS) is 1. The van der Waals surface area contributed by atoms with Gasteiger partial charge in [-0.3, -0.25) is 14.4 Å². The lowest BCUT2D eigenvalue weighted by molar-refractivity contribution is -0.163. The first-order valence-corrected chi connectivity index (χ1v) is 13.0. The first-order chi connectivity index (χ1) is 17.1. The summed E-state index contributed by atoms with van der Waals surface area (Å²) in [6.45, 7) is 6.12. The summed E-state index contributed by atoms with van der Waals surface area (Å²) >= 11 is 1.37. The molecule has 0 spiro atoms. The third-order valence-electron chi connectivity index (χ3n) is 7.45. The number of aliphatic carboxylic acids is 1. The molecule has 4 aliphatic rings. The monoisotopic (exact) mass is 524 g/mol. The predicted octanol–water partition coefficient (Wildman–Crippen LogP) is -0.154. The molecule has 12 nitrogen and oxygen atoms in total. The Bertz CT molecular complexity index is 1010. The van der Waals surface area contributed by atoms with E-state index < -0.39 is 35.9 Å². The molecule has 4 heterocycles. The Hall–Kier alpha value is -2.64. The zero-order valence-corrected chi connectivity index (χ0v) is 21.2. The summed E-state index contributed by atoms with van der Waals surface area (Å²) in [6.07, 6.45) is -0.152. The minimum Gasteiger partial charge on any atom is -0.477 e. The molecule has 13 heteroatoms. The van der Waals surface area contributed by atoms with E-state index in [9.17, 15) is 34.6 Å². The van der Waals surface area contributed by atoms with Gasteiger partial charge in [0.1, 0.15) is 11.6 Å². The Labute approximate surface area is 212 Å². The molecule has 2 amide bonds. The van der Waals surface area contributed by atoms with Crippen molar-refractivity contribution in [3.8, 4) is 0 Å². The van der Waals surface area contributed by atoms with Crippen molar-refractivity contribution >= 4 is 41.2 Å². The largest absolute Gasteiger partial charge is 0.477 e. The molecule has 0 radical (unpaired) electrons. The smallest absolute Gasteiger partial charge is 0.353 e. The molecule has 0 bridgehead atoms. The summed E-state index contributed by atoms with van der Waals surface area (Å²) in [6, 6.07) is -0.888. The van der Waals surface area contributed by atoms with Gasteiger partial charge in [-0.05, 0) is 20.3 Å². The van der Waals surface area contributed by atoms with Crippen LogP contribution in [0.25, 0.3) is 0 Å². The van der Waals surface area contributed by atoms with E-state index in [1.54, 1.807) is 11.8 Å². The minimum absolute atomic E-state index is 0.0293. The zero-order valence-electron chi connectivity index (χ0n) is 20.4. The summed E-state index contributed by atoms with van der Waals surface area (Å²) in [7, 11) is 0. The molecule has 4 rings (SSSR count). The van der Waals surface area contributed by atoms with Gasteiger partial charge in [-0.15, -0.1) is 11.8 Å². The Morgan fingerprint density at radius 1 is 1.33 bits per heavy atom. The lowest BCUT2D eigenvalue weighted by Crippen LogP contribution is -2.63. The number of oxime groups is 1. The second-order valence-electron chi connectivity index (χ2n) is 9.64. The number of piperidine rings is 1. The summed E-state index contributed by atoms with van der Waals surface area (Å²) in [4.78, 5) is 53.6. The van der Waals surface area contributed by atoms with Gasteiger partial charge in [0, 0.05) is 42.1 Å². The van der Waals surface area contributed by atoms with Crippen molar-refractivity contribution in [1.29, 1.82) is 0 Å². The van der Waals surface area contributed by atoms with Crippen LogP contribution in [0.15, 0.2) is 15.8 Å².